The van der Waals surface area contributed by atoms with Crippen molar-refractivity contribution in [1.29, 1.82) is 0 Å². The Morgan fingerprint density at radius 1 is 1.67 bits per heavy atom. The Morgan fingerprint density at radius 3 is 2.56 bits per heavy atom. The van der Waals surface area contributed by atoms with E-state index >= 15 is 0 Å². The van der Waals surface area contributed by atoms with E-state index in [4.69, 9.17) is 0 Å². The Labute approximate surface area is 55.4 Å². The van der Waals surface area contributed by atoms with Gasteiger partial charge in [-0.25, -0.2) is 0 Å². The molecule has 0 aromatic carbocycles. The van der Waals surface area contributed by atoms with E-state index in [9.17, 15) is 0 Å². The highest BCUT2D eigenvalue weighted by Gasteiger charge is 2.15. The molecule has 0 saturated heterocycles. The van der Waals surface area contributed by atoms with Gasteiger partial charge in [0, 0.05) is 6.08 Å². The van der Waals surface area contributed by atoms with Crippen molar-refractivity contribution < 1.29 is 4.59 Å². The van der Waals surface area contributed by atoms with Crippen LogP contribution in [-0.2, 0) is 0 Å². The largest absolute Gasteiger partial charge is 0.176 e. The Hall–Kier alpha value is -0.890. The van der Waals surface area contributed by atoms with Gasteiger partial charge in [0.1, 0.15) is 11.9 Å². The molecule has 1 aliphatic heterocycles. The summed E-state index contributed by atoms with van der Waals surface area (Å²) in [6.07, 6.45) is 5.73. The Morgan fingerprint density at radius 2 is 2.33 bits per heavy atom. The van der Waals surface area contributed by atoms with Gasteiger partial charge in [-0.15, -0.1) is 0 Å². The number of hydrogen-bond acceptors (Lipinski definition) is 1. The molecule has 48 valence electrons. The fourth-order valence-electron chi connectivity index (χ4n) is 0.732. The monoisotopic (exact) mass is 123 g/mol. The second kappa shape index (κ2) is 1.81. The maximum absolute atomic E-state index is 4.26. The quantitative estimate of drug-likeness (QED) is 0.463. The van der Waals surface area contributed by atoms with E-state index in [1.54, 1.807) is 6.08 Å². The van der Waals surface area contributed by atoms with Crippen LogP contribution >= 0.6 is 0 Å². The molecule has 0 unspecified atom stereocenters. The lowest BCUT2D eigenvalue weighted by Gasteiger charge is -2.11. The number of hydrogen-bond donors (Lipinski definition) is 0. The summed E-state index contributed by atoms with van der Waals surface area (Å²) >= 11 is 0. The molecule has 0 N–H and O–H groups in total. The second-order valence-electron chi connectivity index (χ2n) is 2.52. The summed E-state index contributed by atoms with van der Waals surface area (Å²) in [4.78, 5) is 0. The van der Waals surface area contributed by atoms with Crippen LogP contribution in [0.5, 0.6) is 0 Å². The van der Waals surface area contributed by atoms with Crippen LogP contribution in [0.3, 0.4) is 0 Å². The van der Waals surface area contributed by atoms with Gasteiger partial charge >= 0.3 is 0 Å². The summed E-state index contributed by atoms with van der Waals surface area (Å²) in [5.41, 5.74) is 0.958. The van der Waals surface area contributed by atoms with E-state index < -0.39 is 0 Å². The maximum atomic E-state index is 4.26. The summed E-state index contributed by atoms with van der Waals surface area (Å²) in [7, 11) is 4.01. The normalized spacial score (nSPS) is 21.8. The molecule has 2 nitrogen and oxygen atoms in total. The first-order valence-electron chi connectivity index (χ1n) is 2.90. The van der Waals surface area contributed by atoms with E-state index in [0.29, 0.717) is 4.59 Å². The summed E-state index contributed by atoms with van der Waals surface area (Å²) in [6.45, 7) is 3.62. The van der Waals surface area contributed by atoms with Gasteiger partial charge in [0.05, 0.1) is 14.1 Å². The molecule has 0 radical (unpaired) electrons. The Balaban J connectivity index is 2.86. The van der Waals surface area contributed by atoms with Crippen LogP contribution in [0.1, 0.15) is 0 Å². The zero-order chi connectivity index (χ0) is 6.91. The van der Waals surface area contributed by atoms with Gasteiger partial charge in [-0.05, 0) is 6.08 Å². The minimum atomic E-state index is 0.585. The van der Waals surface area contributed by atoms with Crippen LogP contribution in [0.15, 0.2) is 30.0 Å². The average Bonchev–Trinajstić information content (AvgIpc) is 2.10. The van der Waals surface area contributed by atoms with Crippen LogP contribution < -0.4 is 0 Å². The van der Waals surface area contributed by atoms with Crippen LogP contribution in [0.2, 0.25) is 0 Å². The molecule has 0 aromatic rings. The van der Waals surface area contributed by atoms with Gasteiger partial charge in [-0.3, -0.25) is 0 Å². The zero-order valence-corrected chi connectivity index (χ0v) is 5.83. The minimum absolute atomic E-state index is 0.585. The Kier molecular flexibility index (Phi) is 1.25. The lowest BCUT2D eigenvalue weighted by molar-refractivity contribution is -0.843. The van der Waals surface area contributed by atoms with Crippen LogP contribution in [0, 0.1) is 0 Å². The van der Waals surface area contributed by atoms with E-state index in [-0.39, 0.29) is 0 Å². The van der Waals surface area contributed by atoms with E-state index in [1.807, 2.05) is 26.4 Å². The van der Waals surface area contributed by atoms with E-state index in [1.165, 1.54) is 0 Å². The lowest BCUT2D eigenvalue weighted by Crippen LogP contribution is -2.23. The molecule has 1 rings (SSSR count). The molecule has 0 atom stereocenters. The molecular weight excluding hydrogens is 112 g/mol. The second-order valence-corrected chi connectivity index (χ2v) is 2.52. The first-order chi connectivity index (χ1) is 4.14. The third kappa shape index (κ3) is 1.27. The number of rotatable bonds is 1. The molecule has 1 aliphatic rings. The molecule has 0 spiro atoms. The first-order valence-corrected chi connectivity index (χ1v) is 2.90. The predicted molar refractivity (Wildman–Crippen MR) is 38.9 cm³/mol. The van der Waals surface area contributed by atoms with Crippen molar-refractivity contribution in [2.24, 2.45) is 5.10 Å². The number of allylic oxidation sites excluding steroid dienone is 2. The third-order valence-electron chi connectivity index (χ3n) is 1.19. The van der Waals surface area contributed by atoms with Gasteiger partial charge in [-0.2, -0.15) is 4.59 Å². The molecule has 1 heterocycles. The van der Waals surface area contributed by atoms with E-state index in [2.05, 4.69) is 11.7 Å². The highest BCUT2D eigenvalue weighted by molar-refractivity contribution is 6.03. The van der Waals surface area contributed by atoms with Crippen molar-refractivity contribution in [3.63, 3.8) is 0 Å². The standard InChI is InChI=1S/C7H11N2/c1-4-7-5-6-9(2,3)8-7/h4-6H,1H2,2-3H3/q+1. The van der Waals surface area contributed by atoms with Crippen molar-refractivity contribution in [3.05, 3.63) is 24.9 Å². The van der Waals surface area contributed by atoms with Crippen LogP contribution in [0.4, 0.5) is 0 Å². The van der Waals surface area contributed by atoms with Gasteiger partial charge in [0.2, 0.25) is 0 Å². The molecule has 2 heteroatoms. The Bertz CT molecular complexity index is 187. The summed E-state index contributed by atoms with van der Waals surface area (Å²) in [5.74, 6) is 0. The summed E-state index contributed by atoms with van der Waals surface area (Å²) in [5, 5.41) is 4.26. The minimum Gasteiger partial charge on any atom is -0.176 e. The predicted octanol–water partition coefficient (Wildman–Crippen LogP) is 1.13. The van der Waals surface area contributed by atoms with Gasteiger partial charge < -0.3 is 0 Å². The molecule has 0 aliphatic carbocycles. The summed E-state index contributed by atoms with van der Waals surface area (Å²) < 4.78 is 0.585. The molecular formula is C7H11N2+. The molecule has 0 bridgehead atoms. The molecule has 0 saturated carbocycles. The zero-order valence-electron chi connectivity index (χ0n) is 5.83. The smallest absolute Gasteiger partial charge is 0.124 e. The highest BCUT2D eigenvalue weighted by Crippen LogP contribution is 2.08. The van der Waals surface area contributed by atoms with Gasteiger partial charge in [0.25, 0.3) is 0 Å². The van der Waals surface area contributed by atoms with Crippen molar-refractivity contribution in [1.82, 2.24) is 0 Å². The van der Waals surface area contributed by atoms with Crippen LogP contribution in [-0.4, -0.2) is 24.4 Å². The van der Waals surface area contributed by atoms with Crippen molar-refractivity contribution in [2.45, 2.75) is 0 Å². The fourth-order valence-corrected chi connectivity index (χ4v) is 0.732. The van der Waals surface area contributed by atoms with Gasteiger partial charge in [-0.1, -0.05) is 11.7 Å². The molecule has 0 aromatic heterocycles. The van der Waals surface area contributed by atoms with Crippen LogP contribution in [0.25, 0.3) is 0 Å². The molecule has 9 heavy (non-hydrogen) atoms. The maximum Gasteiger partial charge on any atom is 0.124 e. The van der Waals surface area contributed by atoms with Crippen molar-refractivity contribution >= 4 is 5.71 Å². The number of nitrogens with zero attached hydrogens (tertiary/aromatic N) is 2. The topological polar surface area (TPSA) is 12.4 Å². The van der Waals surface area contributed by atoms with Crippen molar-refractivity contribution in [2.75, 3.05) is 14.1 Å². The van der Waals surface area contributed by atoms with Crippen molar-refractivity contribution in [3.8, 4) is 0 Å². The third-order valence-corrected chi connectivity index (χ3v) is 1.19. The lowest BCUT2D eigenvalue weighted by atomic mass is 10.4. The molecule has 0 fully saturated rings. The van der Waals surface area contributed by atoms with E-state index in [0.717, 1.165) is 5.71 Å². The molecule has 0 amide bonds. The average molecular weight is 123 g/mol. The van der Waals surface area contributed by atoms with Gasteiger partial charge in [0.15, 0.2) is 0 Å². The highest BCUT2D eigenvalue weighted by atomic mass is 15.6. The summed E-state index contributed by atoms with van der Waals surface area (Å²) in [6, 6.07) is 0. The fraction of sp³-hybridized carbons (Fsp3) is 0.286. The SMILES string of the molecule is C=CC1=N[N+](C)(C)C=C1. The number of quaternary nitrogens is 1. The first kappa shape index (κ1) is 6.23.